The van der Waals surface area contributed by atoms with E-state index < -0.39 is 0 Å². The van der Waals surface area contributed by atoms with E-state index in [0.717, 1.165) is 41.9 Å². The summed E-state index contributed by atoms with van der Waals surface area (Å²) < 4.78 is 4.47. The highest BCUT2D eigenvalue weighted by molar-refractivity contribution is 9.08. The normalized spacial score (nSPS) is 20.2. The fourth-order valence-electron chi connectivity index (χ4n) is 4.95. The molecular weight excluding hydrogens is 490 g/mol. The van der Waals surface area contributed by atoms with Gasteiger partial charge in [-0.1, -0.05) is 61.0 Å². The van der Waals surface area contributed by atoms with Crippen LogP contribution in [0.5, 0.6) is 5.75 Å². The first-order valence-corrected chi connectivity index (χ1v) is 12.8. The fourth-order valence-corrected chi connectivity index (χ4v) is 5.40. The lowest BCUT2D eigenvalue weighted by atomic mass is 9.78. The summed E-state index contributed by atoms with van der Waals surface area (Å²) in [5.41, 5.74) is 2.80. The van der Waals surface area contributed by atoms with Crippen LogP contribution in [0, 0.1) is 5.92 Å². The fraction of sp³-hybridized carbons (Fsp3) is 0.536. The number of pyridine rings is 1. The van der Waals surface area contributed by atoms with Gasteiger partial charge in [-0.3, -0.25) is 9.78 Å². The maximum Gasteiger partial charge on any atom is 0.182 e. The molecule has 0 bridgehead atoms. The minimum absolute atomic E-state index is 0.0340. The second kappa shape index (κ2) is 10.2. The third-order valence-corrected chi connectivity index (χ3v) is 7.06. The number of nitrogens with zero attached hydrogens (tertiary/aromatic N) is 3. The van der Waals surface area contributed by atoms with Gasteiger partial charge < -0.3 is 10.0 Å². The molecule has 0 spiro atoms. The summed E-state index contributed by atoms with van der Waals surface area (Å²) in [6.45, 7) is 15.6. The van der Waals surface area contributed by atoms with Gasteiger partial charge in [0.1, 0.15) is 11.6 Å². The van der Waals surface area contributed by atoms with Crippen LogP contribution in [0.4, 0.5) is 0 Å². The Kier molecular flexibility index (Phi) is 7.91. The minimum Gasteiger partial charge on any atom is -0.507 e. The molecule has 0 unspecified atom stereocenters. The molecule has 0 radical (unpaired) electrons. The van der Waals surface area contributed by atoms with Crippen LogP contribution < -0.4 is 0 Å². The number of aromatic nitrogens is 1. The van der Waals surface area contributed by atoms with Gasteiger partial charge in [0.05, 0.1) is 22.7 Å². The molecule has 1 N–H and O–H groups in total. The molecule has 34 heavy (non-hydrogen) atoms. The standard InChI is InChI=1S/C28H38BrN3O2/c1-8-10-19-16-32(26(31-29)24(19)18-11-9-12-30-15-18)17-23(33)20-13-21(27(2,3)4)25(34)22(14-20)28(5,6)7/h9,11-15,19,24,34H,8,10,16-17H2,1-7H3/b31-26-/t19-,24+/m0/s1. The Morgan fingerprint density at radius 2 is 1.79 bits per heavy atom. The number of phenols is 1. The number of benzene rings is 1. The first-order valence-electron chi connectivity index (χ1n) is 12.1. The number of amidine groups is 1. The van der Waals surface area contributed by atoms with Crippen LogP contribution in [0.2, 0.25) is 0 Å². The lowest BCUT2D eigenvalue weighted by Gasteiger charge is -2.28. The van der Waals surface area contributed by atoms with Crippen molar-refractivity contribution in [3.63, 3.8) is 0 Å². The monoisotopic (exact) mass is 527 g/mol. The Balaban J connectivity index is 1.97. The van der Waals surface area contributed by atoms with E-state index in [2.05, 4.69) is 84.6 Å². The van der Waals surface area contributed by atoms with Gasteiger partial charge in [0.2, 0.25) is 0 Å². The Bertz CT molecular complexity index is 1020. The first kappa shape index (κ1) is 26.4. The van der Waals surface area contributed by atoms with Crippen LogP contribution in [0.1, 0.15) is 94.3 Å². The van der Waals surface area contributed by atoms with E-state index in [4.69, 9.17) is 0 Å². The van der Waals surface area contributed by atoms with Crippen molar-refractivity contribution in [2.24, 2.45) is 9.94 Å². The van der Waals surface area contributed by atoms with Gasteiger partial charge in [-0.25, -0.2) is 0 Å². The molecule has 0 aliphatic carbocycles. The van der Waals surface area contributed by atoms with E-state index in [1.54, 1.807) is 6.20 Å². The third kappa shape index (κ3) is 5.54. The van der Waals surface area contributed by atoms with Gasteiger partial charge >= 0.3 is 0 Å². The van der Waals surface area contributed by atoms with Gasteiger partial charge in [0.25, 0.3) is 0 Å². The molecule has 1 saturated heterocycles. The van der Waals surface area contributed by atoms with Crippen molar-refractivity contribution in [3.8, 4) is 5.75 Å². The second-order valence-electron chi connectivity index (χ2n) is 11.5. The SMILES string of the molecule is CCC[C@H]1CN(CC(=O)c2cc(C(C)(C)C)c(O)c(C(C)(C)C)c2)/C(=N\Br)[C@@H]1c1cccnc1. The Hall–Kier alpha value is -2.21. The highest BCUT2D eigenvalue weighted by atomic mass is 79.9. The molecule has 1 aromatic carbocycles. The van der Waals surface area contributed by atoms with E-state index in [0.29, 0.717) is 17.2 Å². The van der Waals surface area contributed by atoms with E-state index >= 15 is 0 Å². The molecule has 3 rings (SSSR count). The van der Waals surface area contributed by atoms with Crippen molar-refractivity contribution in [2.45, 2.75) is 78.1 Å². The number of phenolic OH excluding ortho intramolecular Hbond substituents is 1. The number of carbonyl (C=O) groups excluding carboxylic acids is 1. The molecule has 1 fully saturated rings. The zero-order valence-electron chi connectivity index (χ0n) is 21.5. The number of aromatic hydroxyl groups is 1. The minimum atomic E-state index is -0.284. The number of Topliss-reactive ketones (excluding diaryl/α,β-unsaturated/α-hetero) is 1. The smallest absolute Gasteiger partial charge is 0.182 e. The number of carbonyl (C=O) groups is 1. The molecule has 2 aromatic rings. The van der Waals surface area contributed by atoms with Crippen molar-refractivity contribution in [2.75, 3.05) is 13.1 Å². The molecular formula is C28H38BrN3O2. The summed E-state index contributed by atoms with van der Waals surface area (Å²) in [7, 11) is 0. The van der Waals surface area contributed by atoms with Gasteiger partial charge in [-0.05, 0) is 46.9 Å². The molecule has 2 atom stereocenters. The third-order valence-electron chi connectivity index (χ3n) is 6.70. The van der Waals surface area contributed by atoms with E-state index in [9.17, 15) is 9.90 Å². The van der Waals surface area contributed by atoms with E-state index in [1.807, 2.05) is 24.4 Å². The van der Waals surface area contributed by atoms with Crippen LogP contribution >= 0.6 is 16.1 Å². The van der Waals surface area contributed by atoms with Crippen molar-refractivity contribution in [3.05, 3.63) is 58.9 Å². The van der Waals surface area contributed by atoms with Gasteiger partial charge in [0, 0.05) is 41.5 Å². The Morgan fingerprint density at radius 1 is 1.18 bits per heavy atom. The van der Waals surface area contributed by atoms with Crippen LogP contribution in [0.25, 0.3) is 0 Å². The van der Waals surface area contributed by atoms with Crippen molar-refractivity contribution in [1.82, 2.24) is 9.88 Å². The van der Waals surface area contributed by atoms with Gasteiger partial charge in [0.15, 0.2) is 5.78 Å². The molecule has 0 saturated carbocycles. The number of rotatable bonds is 6. The molecule has 2 heterocycles. The maximum absolute atomic E-state index is 13.6. The van der Waals surface area contributed by atoms with Crippen LogP contribution in [0.3, 0.4) is 0 Å². The van der Waals surface area contributed by atoms with Crippen molar-refractivity contribution < 1.29 is 9.90 Å². The second-order valence-corrected chi connectivity index (χ2v) is 11.8. The highest BCUT2D eigenvalue weighted by Crippen LogP contribution is 2.41. The first-order chi connectivity index (χ1) is 15.9. The number of hydrogen-bond acceptors (Lipinski definition) is 4. The molecule has 184 valence electrons. The average molecular weight is 529 g/mol. The Morgan fingerprint density at radius 3 is 2.26 bits per heavy atom. The lowest BCUT2D eigenvalue weighted by molar-refractivity contribution is 0.0963. The molecule has 6 heteroatoms. The maximum atomic E-state index is 13.6. The topological polar surface area (TPSA) is 65.8 Å². The number of likely N-dealkylation sites (tertiary alicyclic amines) is 1. The molecule has 1 aliphatic rings. The summed E-state index contributed by atoms with van der Waals surface area (Å²) in [4.78, 5) is 20.1. The predicted octanol–water partition coefficient (Wildman–Crippen LogP) is 6.79. The molecule has 0 amide bonds. The zero-order chi connectivity index (χ0) is 25.3. The van der Waals surface area contributed by atoms with Gasteiger partial charge in [-0.2, -0.15) is 4.02 Å². The predicted molar refractivity (Wildman–Crippen MR) is 143 cm³/mol. The highest BCUT2D eigenvalue weighted by Gasteiger charge is 2.40. The Labute approximate surface area is 213 Å². The van der Waals surface area contributed by atoms with Crippen molar-refractivity contribution in [1.29, 1.82) is 0 Å². The zero-order valence-corrected chi connectivity index (χ0v) is 23.1. The van der Waals surface area contributed by atoms with E-state index in [-0.39, 0.29) is 29.1 Å². The molecule has 5 nitrogen and oxygen atoms in total. The largest absolute Gasteiger partial charge is 0.507 e. The summed E-state index contributed by atoms with van der Waals surface area (Å²) in [5, 5.41) is 11.0. The molecule has 1 aromatic heterocycles. The number of hydrogen-bond donors (Lipinski definition) is 1. The summed E-state index contributed by atoms with van der Waals surface area (Å²) >= 11 is 3.35. The average Bonchev–Trinajstić information content (AvgIpc) is 3.09. The van der Waals surface area contributed by atoms with Crippen LogP contribution in [-0.4, -0.2) is 39.7 Å². The van der Waals surface area contributed by atoms with Crippen molar-refractivity contribution >= 4 is 27.8 Å². The van der Waals surface area contributed by atoms with Crippen LogP contribution in [0.15, 0.2) is 40.7 Å². The molecule has 1 aliphatic heterocycles. The van der Waals surface area contributed by atoms with E-state index in [1.165, 1.54) is 0 Å². The quantitative estimate of drug-likeness (QED) is 0.420. The summed E-state index contributed by atoms with van der Waals surface area (Å²) in [6.07, 6.45) is 5.81. The number of halogens is 1. The summed E-state index contributed by atoms with van der Waals surface area (Å²) in [6, 6.07) is 7.79. The summed E-state index contributed by atoms with van der Waals surface area (Å²) in [5.74, 6) is 1.68. The number of ketones is 1. The van der Waals surface area contributed by atoms with Gasteiger partial charge in [-0.15, -0.1) is 0 Å². The lowest BCUT2D eigenvalue weighted by Crippen LogP contribution is -2.32. The van der Waals surface area contributed by atoms with Crippen LogP contribution in [-0.2, 0) is 10.8 Å².